The lowest BCUT2D eigenvalue weighted by Crippen LogP contribution is -2.48. The number of carbonyl (C=O) groups excluding carboxylic acids is 1. The molecule has 3 rings (SSSR count). The van der Waals surface area contributed by atoms with Gasteiger partial charge in [-0.2, -0.15) is 0 Å². The molecule has 0 radical (unpaired) electrons. The molecule has 1 amide bonds. The topological polar surface area (TPSA) is 60.0 Å². The fourth-order valence-electron chi connectivity index (χ4n) is 3.41. The van der Waals surface area contributed by atoms with E-state index >= 15 is 0 Å². The maximum atomic E-state index is 13.3. The van der Waals surface area contributed by atoms with Gasteiger partial charge in [-0.05, 0) is 31.2 Å². The predicted molar refractivity (Wildman–Crippen MR) is 104 cm³/mol. The van der Waals surface area contributed by atoms with Gasteiger partial charge in [0.05, 0.1) is 26.9 Å². The molecule has 1 aliphatic heterocycles. The Hall–Kier alpha value is -2.73. The number of hydrogen-bond acceptors (Lipinski definition) is 5. The van der Waals surface area contributed by atoms with E-state index in [1.165, 1.54) is 0 Å². The van der Waals surface area contributed by atoms with Gasteiger partial charge in [0.25, 0.3) is 5.91 Å². The number of rotatable bonds is 6. The molecule has 1 N–H and O–H groups in total. The van der Waals surface area contributed by atoms with Crippen molar-refractivity contribution in [2.45, 2.75) is 13.0 Å². The summed E-state index contributed by atoms with van der Waals surface area (Å²) >= 11 is 0. The van der Waals surface area contributed by atoms with Crippen molar-refractivity contribution in [3.63, 3.8) is 0 Å². The average molecular weight is 370 g/mol. The van der Waals surface area contributed by atoms with Crippen LogP contribution in [0.5, 0.6) is 17.2 Å². The minimum atomic E-state index is -0.0973. The summed E-state index contributed by atoms with van der Waals surface area (Å²) in [5.74, 6) is 1.95. The molecular formula is C21H26N2O4. The maximum absolute atomic E-state index is 13.3. The van der Waals surface area contributed by atoms with Gasteiger partial charge in [-0.1, -0.05) is 18.2 Å². The van der Waals surface area contributed by atoms with Crippen LogP contribution in [0.25, 0.3) is 0 Å². The van der Waals surface area contributed by atoms with Crippen LogP contribution in [0.2, 0.25) is 0 Å². The first-order valence-electron chi connectivity index (χ1n) is 9.15. The molecule has 1 unspecified atom stereocenters. The minimum absolute atomic E-state index is 0.0336. The molecule has 0 spiro atoms. The molecule has 1 heterocycles. The van der Waals surface area contributed by atoms with E-state index in [1.807, 2.05) is 36.1 Å². The van der Waals surface area contributed by atoms with Gasteiger partial charge in [0.15, 0.2) is 11.5 Å². The van der Waals surface area contributed by atoms with Crippen LogP contribution >= 0.6 is 0 Å². The second-order valence-electron chi connectivity index (χ2n) is 6.26. The van der Waals surface area contributed by atoms with Crippen molar-refractivity contribution in [2.24, 2.45) is 0 Å². The first-order chi connectivity index (χ1) is 13.2. The van der Waals surface area contributed by atoms with E-state index in [9.17, 15) is 4.79 Å². The van der Waals surface area contributed by atoms with Gasteiger partial charge in [-0.15, -0.1) is 0 Å². The van der Waals surface area contributed by atoms with Crippen LogP contribution in [0.4, 0.5) is 0 Å². The second kappa shape index (κ2) is 8.77. The third-order valence-electron chi connectivity index (χ3n) is 4.71. The summed E-state index contributed by atoms with van der Waals surface area (Å²) in [6, 6.07) is 13.1. The highest BCUT2D eigenvalue weighted by atomic mass is 16.5. The number of hydrogen-bond donors (Lipinski definition) is 1. The Labute approximate surface area is 160 Å². The molecule has 1 saturated heterocycles. The molecule has 1 fully saturated rings. The van der Waals surface area contributed by atoms with Crippen molar-refractivity contribution in [2.75, 3.05) is 40.5 Å². The molecule has 6 heteroatoms. The van der Waals surface area contributed by atoms with Crippen LogP contribution in [-0.2, 0) is 0 Å². The summed E-state index contributed by atoms with van der Waals surface area (Å²) in [6.07, 6.45) is 0. The van der Waals surface area contributed by atoms with Gasteiger partial charge in [-0.3, -0.25) is 4.79 Å². The van der Waals surface area contributed by atoms with Gasteiger partial charge < -0.3 is 24.4 Å². The molecule has 2 aromatic carbocycles. The van der Waals surface area contributed by atoms with Crippen LogP contribution in [0.15, 0.2) is 42.5 Å². The van der Waals surface area contributed by atoms with Crippen LogP contribution in [-0.4, -0.2) is 51.3 Å². The number of ether oxygens (including phenoxy) is 3. The molecule has 27 heavy (non-hydrogen) atoms. The van der Waals surface area contributed by atoms with Gasteiger partial charge in [-0.25, -0.2) is 0 Å². The van der Waals surface area contributed by atoms with Crippen LogP contribution in [0.3, 0.4) is 0 Å². The number of nitrogens with zero attached hydrogens (tertiary/aromatic N) is 1. The number of nitrogens with one attached hydrogen (secondary N) is 1. The van der Waals surface area contributed by atoms with Crippen molar-refractivity contribution >= 4 is 5.91 Å². The van der Waals surface area contributed by atoms with E-state index in [4.69, 9.17) is 14.2 Å². The number of methoxy groups -OCH3 is 2. The van der Waals surface area contributed by atoms with Crippen LogP contribution < -0.4 is 19.5 Å². The number of carbonyl (C=O) groups is 1. The number of para-hydroxylation sites is 1. The average Bonchev–Trinajstić information content (AvgIpc) is 2.73. The maximum Gasteiger partial charge on any atom is 0.254 e. The van der Waals surface area contributed by atoms with E-state index in [0.717, 1.165) is 17.9 Å². The number of amides is 1. The molecule has 6 nitrogen and oxygen atoms in total. The Balaban J connectivity index is 1.92. The zero-order valence-corrected chi connectivity index (χ0v) is 16.0. The van der Waals surface area contributed by atoms with Crippen LogP contribution in [0.1, 0.15) is 28.9 Å². The van der Waals surface area contributed by atoms with E-state index in [0.29, 0.717) is 36.8 Å². The van der Waals surface area contributed by atoms with Gasteiger partial charge in [0.1, 0.15) is 5.75 Å². The summed E-state index contributed by atoms with van der Waals surface area (Å²) in [7, 11) is 3.23. The van der Waals surface area contributed by atoms with Gasteiger partial charge in [0, 0.05) is 30.8 Å². The molecule has 1 atom stereocenters. The van der Waals surface area contributed by atoms with Crippen molar-refractivity contribution in [1.29, 1.82) is 0 Å². The fraction of sp³-hybridized carbons (Fsp3) is 0.381. The molecule has 0 bridgehead atoms. The van der Waals surface area contributed by atoms with Crippen LogP contribution in [0, 0.1) is 0 Å². The lowest BCUT2D eigenvalue weighted by molar-refractivity contribution is 0.0631. The number of piperazine rings is 1. The normalized spacial score (nSPS) is 16.7. The van der Waals surface area contributed by atoms with Crippen molar-refractivity contribution in [3.05, 3.63) is 53.6 Å². The monoisotopic (exact) mass is 370 g/mol. The van der Waals surface area contributed by atoms with E-state index in [-0.39, 0.29) is 11.9 Å². The molecule has 0 aliphatic carbocycles. The summed E-state index contributed by atoms with van der Waals surface area (Å²) in [5, 5.41) is 3.38. The molecule has 2 aromatic rings. The zero-order valence-electron chi connectivity index (χ0n) is 16.0. The van der Waals surface area contributed by atoms with Crippen molar-refractivity contribution in [3.8, 4) is 17.2 Å². The number of benzene rings is 2. The molecular weight excluding hydrogens is 344 g/mol. The summed E-state index contributed by atoms with van der Waals surface area (Å²) in [4.78, 5) is 15.2. The molecule has 144 valence electrons. The lowest BCUT2D eigenvalue weighted by atomic mass is 10.0. The smallest absolute Gasteiger partial charge is 0.254 e. The fourth-order valence-corrected chi connectivity index (χ4v) is 3.41. The van der Waals surface area contributed by atoms with Crippen molar-refractivity contribution < 1.29 is 19.0 Å². The summed E-state index contributed by atoms with van der Waals surface area (Å²) in [6.45, 7) is 4.51. The minimum Gasteiger partial charge on any atom is -0.496 e. The highest BCUT2D eigenvalue weighted by Gasteiger charge is 2.30. The third-order valence-corrected chi connectivity index (χ3v) is 4.71. The van der Waals surface area contributed by atoms with E-state index < -0.39 is 0 Å². The molecule has 1 aliphatic rings. The lowest BCUT2D eigenvalue weighted by Gasteiger charge is -2.37. The first-order valence-corrected chi connectivity index (χ1v) is 9.15. The van der Waals surface area contributed by atoms with E-state index in [1.54, 1.807) is 32.4 Å². The SMILES string of the molecule is CCOc1ccc(C(=O)N2CCNCC2c2ccccc2OC)cc1OC. The molecule has 0 saturated carbocycles. The predicted octanol–water partition coefficient (Wildman–Crippen LogP) is 2.89. The quantitative estimate of drug-likeness (QED) is 0.847. The third kappa shape index (κ3) is 4.01. The Morgan fingerprint density at radius 1 is 1.11 bits per heavy atom. The summed E-state index contributed by atoms with van der Waals surface area (Å²) < 4.78 is 16.5. The standard InChI is InChI=1S/C21H26N2O4/c1-4-27-19-10-9-15(13-20(19)26-3)21(24)23-12-11-22-14-17(23)16-7-5-6-8-18(16)25-2/h5-10,13,17,22H,4,11-12,14H2,1-3H3. The highest BCUT2D eigenvalue weighted by Crippen LogP contribution is 2.33. The summed E-state index contributed by atoms with van der Waals surface area (Å²) in [5.41, 5.74) is 1.58. The van der Waals surface area contributed by atoms with Crippen molar-refractivity contribution in [1.82, 2.24) is 10.2 Å². The van der Waals surface area contributed by atoms with Gasteiger partial charge in [0.2, 0.25) is 0 Å². The Morgan fingerprint density at radius 3 is 2.63 bits per heavy atom. The Morgan fingerprint density at radius 2 is 1.89 bits per heavy atom. The highest BCUT2D eigenvalue weighted by molar-refractivity contribution is 5.95. The molecule has 0 aromatic heterocycles. The van der Waals surface area contributed by atoms with Gasteiger partial charge >= 0.3 is 0 Å². The first kappa shape index (κ1) is 19.0. The Kier molecular flexibility index (Phi) is 6.19. The Bertz CT molecular complexity index is 794. The largest absolute Gasteiger partial charge is 0.496 e. The second-order valence-corrected chi connectivity index (χ2v) is 6.26. The zero-order chi connectivity index (χ0) is 19.2. The van der Waals surface area contributed by atoms with E-state index in [2.05, 4.69) is 5.32 Å².